The van der Waals surface area contributed by atoms with Crippen molar-refractivity contribution in [3.05, 3.63) is 115 Å². The Kier molecular flexibility index (Phi) is 10.2. The number of likely N-dealkylation sites (tertiary alicyclic amines) is 2. The Balaban J connectivity index is 1.06. The molecule has 6 heterocycles. The molecule has 0 amide bonds. The third-order valence-electron chi connectivity index (χ3n) is 11.6. The molecule has 2 aromatic carbocycles. The van der Waals surface area contributed by atoms with Crippen LogP contribution in [0.1, 0.15) is 24.2 Å². The van der Waals surface area contributed by atoms with Gasteiger partial charge in [-0.25, -0.2) is 0 Å². The number of rotatable bonds is 11. The van der Waals surface area contributed by atoms with Crippen molar-refractivity contribution < 1.29 is 19.8 Å². The van der Waals surface area contributed by atoms with Gasteiger partial charge >= 0.3 is 11.9 Å². The van der Waals surface area contributed by atoms with Gasteiger partial charge in [0.05, 0.1) is 21.9 Å². The fourth-order valence-electron chi connectivity index (χ4n) is 8.39. The molecule has 290 valence electrons. The number of hydrogen-bond acceptors (Lipinski definition) is 6. The van der Waals surface area contributed by atoms with Crippen molar-refractivity contribution in [1.82, 2.24) is 27.7 Å². The molecular weight excluding hydrogens is 755 g/mol. The zero-order valence-corrected chi connectivity index (χ0v) is 32.6. The molecule has 2 aliphatic rings. The van der Waals surface area contributed by atoms with Crippen LogP contribution in [0.15, 0.2) is 82.9 Å². The zero-order chi connectivity index (χ0) is 39.4. The number of carboxylic acids is 2. The highest BCUT2D eigenvalue weighted by Gasteiger charge is 2.29. The van der Waals surface area contributed by atoms with Gasteiger partial charge in [0, 0.05) is 109 Å². The average Bonchev–Trinajstić information content (AvgIpc) is 3.99. The fourth-order valence-corrected chi connectivity index (χ4v) is 9.06. The smallest absolute Gasteiger partial charge is 0.307 e. The van der Waals surface area contributed by atoms with E-state index >= 15 is 0 Å². The third-order valence-corrected chi connectivity index (χ3v) is 12.4. The molecule has 0 spiro atoms. The van der Waals surface area contributed by atoms with Gasteiger partial charge in [-0.15, -0.1) is 0 Å². The number of aryl methyl sites for hydroxylation is 2. The van der Waals surface area contributed by atoms with Gasteiger partial charge in [0.1, 0.15) is 11.0 Å². The maximum atomic E-state index is 13.7. The lowest BCUT2D eigenvalue weighted by Gasteiger charge is -2.17. The molecule has 2 unspecified atom stereocenters. The van der Waals surface area contributed by atoms with Crippen molar-refractivity contribution in [1.29, 1.82) is 0 Å². The number of nitrogens with zero attached hydrogens (tertiary/aromatic N) is 6. The molecule has 14 heteroatoms. The number of benzene rings is 2. The second-order valence-corrected chi connectivity index (χ2v) is 15.8. The van der Waals surface area contributed by atoms with E-state index in [0.717, 1.165) is 44.8 Å². The molecule has 56 heavy (non-hydrogen) atoms. The molecule has 0 saturated carbocycles. The predicted octanol–water partition coefficient (Wildman–Crippen LogP) is 6.25. The fraction of sp³-hybridized carbons (Fsp3) is 0.333. The van der Waals surface area contributed by atoms with Crippen molar-refractivity contribution in [2.75, 3.05) is 39.3 Å². The number of aliphatic carboxylic acids is 2. The molecule has 12 nitrogen and oxygen atoms in total. The summed E-state index contributed by atoms with van der Waals surface area (Å²) in [6.45, 7) is 8.28. The van der Waals surface area contributed by atoms with Crippen LogP contribution in [-0.2, 0) is 22.7 Å². The van der Waals surface area contributed by atoms with Crippen LogP contribution in [0, 0.1) is 25.7 Å². The molecule has 2 N–H and O–H groups in total. The maximum Gasteiger partial charge on any atom is 0.307 e. The van der Waals surface area contributed by atoms with E-state index in [1.54, 1.807) is 9.13 Å². The Labute approximate surface area is 332 Å². The predicted molar refractivity (Wildman–Crippen MR) is 217 cm³/mol. The topological polar surface area (TPSA) is 134 Å². The van der Waals surface area contributed by atoms with Crippen LogP contribution in [0.3, 0.4) is 0 Å². The molecule has 2 aliphatic heterocycles. The second-order valence-electron chi connectivity index (χ2n) is 15.1. The lowest BCUT2D eigenvalue weighted by Crippen LogP contribution is -2.32. The molecule has 2 saturated heterocycles. The number of halogens is 2. The number of carbonyl (C=O) groups is 2. The minimum absolute atomic E-state index is 0.129. The van der Waals surface area contributed by atoms with Crippen LogP contribution in [0.5, 0.6) is 0 Å². The largest absolute Gasteiger partial charge is 0.481 e. The highest BCUT2D eigenvalue weighted by molar-refractivity contribution is 6.39. The highest BCUT2D eigenvalue weighted by atomic mass is 35.5. The van der Waals surface area contributed by atoms with E-state index < -0.39 is 11.9 Å². The van der Waals surface area contributed by atoms with Crippen LogP contribution in [-0.4, -0.2) is 89.2 Å². The summed E-state index contributed by atoms with van der Waals surface area (Å²) in [5.41, 5.74) is 6.84. The summed E-state index contributed by atoms with van der Waals surface area (Å²) < 4.78 is 7.13. The van der Waals surface area contributed by atoms with Gasteiger partial charge in [-0.2, -0.15) is 0 Å². The van der Waals surface area contributed by atoms with Gasteiger partial charge in [0.2, 0.25) is 0 Å². The minimum Gasteiger partial charge on any atom is -0.481 e. The SMILES string of the molecule is Cc1cn2cc(-c3cccc(-c4cccc(-c5cc6c(=O)n(CCN7CCC(C(=O)O)C7)c(C)cn6c5)c4Cl)c3Cl)cc2c(=O)n1CCN1CCC(C(=O)O)C1. The van der Waals surface area contributed by atoms with Crippen molar-refractivity contribution in [2.24, 2.45) is 11.8 Å². The summed E-state index contributed by atoms with van der Waals surface area (Å²) >= 11 is 14.4. The van der Waals surface area contributed by atoms with Crippen molar-refractivity contribution in [3.8, 4) is 33.4 Å². The van der Waals surface area contributed by atoms with Gasteiger partial charge in [-0.05, 0) is 51.9 Å². The maximum absolute atomic E-state index is 13.7. The summed E-state index contributed by atoms with van der Waals surface area (Å²) in [4.78, 5) is 54.5. The third kappa shape index (κ3) is 6.95. The van der Waals surface area contributed by atoms with Gasteiger partial charge in [0.15, 0.2) is 0 Å². The van der Waals surface area contributed by atoms with Crippen LogP contribution >= 0.6 is 23.2 Å². The normalized spacial score (nSPS) is 17.8. The summed E-state index contributed by atoms with van der Waals surface area (Å²) in [7, 11) is 0. The van der Waals surface area contributed by atoms with Crippen LogP contribution in [0.2, 0.25) is 10.0 Å². The van der Waals surface area contributed by atoms with E-state index in [1.807, 2.05) is 96.0 Å². The van der Waals surface area contributed by atoms with E-state index in [9.17, 15) is 29.4 Å². The Morgan fingerprint density at radius 1 is 0.625 bits per heavy atom. The van der Waals surface area contributed by atoms with E-state index in [1.165, 1.54) is 0 Å². The molecular formula is C42H42Cl2N6O6. The number of fused-ring (bicyclic) bond motifs is 2. The van der Waals surface area contributed by atoms with E-state index in [0.29, 0.717) is 86.3 Å². The summed E-state index contributed by atoms with van der Waals surface area (Å²) in [6.07, 6.45) is 8.87. The average molecular weight is 798 g/mol. The molecule has 0 bridgehead atoms. The van der Waals surface area contributed by atoms with Gasteiger partial charge in [-0.3, -0.25) is 19.2 Å². The molecule has 0 radical (unpaired) electrons. The molecule has 0 aliphatic carbocycles. The Hall–Kier alpha value is -5.14. The van der Waals surface area contributed by atoms with E-state index in [2.05, 4.69) is 9.80 Å². The molecule has 8 rings (SSSR count). The van der Waals surface area contributed by atoms with E-state index in [4.69, 9.17) is 23.2 Å². The Morgan fingerprint density at radius 2 is 1.02 bits per heavy atom. The first-order valence-corrected chi connectivity index (χ1v) is 19.6. The van der Waals surface area contributed by atoms with Gasteiger partial charge in [0.25, 0.3) is 11.1 Å². The Morgan fingerprint density at radius 3 is 1.39 bits per heavy atom. The lowest BCUT2D eigenvalue weighted by atomic mass is 9.97. The molecule has 2 fully saturated rings. The number of carboxylic acid groups (broad SMARTS) is 2. The van der Waals surface area contributed by atoms with E-state index in [-0.39, 0.29) is 23.0 Å². The van der Waals surface area contributed by atoms with Crippen molar-refractivity contribution >= 4 is 46.2 Å². The summed E-state index contributed by atoms with van der Waals surface area (Å²) in [5.74, 6) is -2.28. The number of hydrogen-bond donors (Lipinski definition) is 2. The second kappa shape index (κ2) is 15.1. The molecule has 6 aromatic rings. The quantitative estimate of drug-likeness (QED) is 0.157. The van der Waals surface area contributed by atoms with Crippen LogP contribution in [0.4, 0.5) is 0 Å². The first-order valence-electron chi connectivity index (χ1n) is 18.8. The minimum atomic E-state index is -0.775. The summed E-state index contributed by atoms with van der Waals surface area (Å²) in [6, 6.07) is 15.2. The summed E-state index contributed by atoms with van der Waals surface area (Å²) in [5, 5.41) is 19.7. The Bertz CT molecular complexity index is 2480. The first kappa shape index (κ1) is 37.8. The van der Waals surface area contributed by atoms with Crippen LogP contribution < -0.4 is 11.1 Å². The zero-order valence-electron chi connectivity index (χ0n) is 31.1. The van der Waals surface area contributed by atoms with Crippen LogP contribution in [0.25, 0.3) is 44.4 Å². The van der Waals surface area contributed by atoms with Gasteiger partial charge < -0.3 is 37.9 Å². The molecule has 4 aromatic heterocycles. The first-order chi connectivity index (χ1) is 26.9. The van der Waals surface area contributed by atoms with Crippen molar-refractivity contribution in [3.63, 3.8) is 0 Å². The highest BCUT2D eigenvalue weighted by Crippen LogP contribution is 2.43. The van der Waals surface area contributed by atoms with Crippen molar-refractivity contribution in [2.45, 2.75) is 39.8 Å². The lowest BCUT2D eigenvalue weighted by molar-refractivity contribution is -0.142. The number of aromatic nitrogens is 4. The standard InChI is InChI=1S/C42H42Cl2N6O6/c1-25-19-47-23-29(17-35(47)39(51)49(25)15-13-45-11-9-27(21-45)41(53)54)31-5-3-7-33(37(31)43)34-8-4-6-32(38(34)44)30-18-36-40(52)50(26(2)20-48(36)24-30)16-14-46-12-10-28(22-46)42(55)56/h3-8,17-20,23-24,27-28H,9-16,21-22H2,1-2H3,(H,53,54)(H,55,56). The molecule has 2 atom stereocenters. The monoisotopic (exact) mass is 796 g/mol. The van der Waals surface area contributed by atoms with Gasteiger partial charge in [-0.1, -0.05) is 59.6 Å².